The normalized spacial score (nSPS) is 17.1. The summed E-state index contributed by atoms with van der Waals surface area (Å²) >= 11 is 0. The average molecular weight is 292 g/mol. The van der Waals surface area contributed by atoms with Crippen LogP contribution in [0.3, 0.4) is 0 Å². The summed E-state index contributed by atoms with van der Waals surface area (Å²) in [7, 11) is 1.30. The van der Waals surface area contributed by atoms with Crippen molar-refractivity contribution in [2.24, 2.45) is 0 Å². The summed E-state index contributed by atoms with van der Waals surface area (Å²) in [5, 5.41) is 28.3. The zero-order chi connectivity index (χ0) is 15.7. The molecule has 7 heteroatoms. The highest BCUT2D eigenvalue weighted by Crippen LogP contribution is 2.13. The molecule has 0 rings (SSSR count). The second kappa shape index (κ2) is 9.82. The van der Waals surface area contributed by atoms with Gasteiger partial charge in [-0.1, -0.05) is 0 Å². The van der Waals surface area contributed by atoms with Crippen LogP contribution in [0, 0.1) is 0 Å². The third-order valence-corrected chi connectivity index (χ3v) is 2.86. The molecular weight excluding hydrogens is 268 g/mol. The smallest absolute Gasteiger partial charge is 0.306 e. The molecule has 0 aromatic rings. The van der Waals surface area contributed by atoms with Crippen LogP contribution in [0.4, 0.5) is 0 Å². The van der Waals surface area contributed by atoms with E-state index >= 15 is 0 Å². The molecule has 0 amide bonds. The molecule has 0 saturated heterocycles. The molecule has 7 nitrogen and oxygen atoms in total. The first kappa shape index (κ1) is 19.0. The van der Waals surface area contributed by atoms with Crippen molar-refractivity contribution in [3.8, 4) is 0 Å². The zero-order valence-corrected chi connectivity index (χ0v) is 12.1. The number of methoxy groups -OCH3 is 1. The Morgan fingerprint density at radius 3 is 2.20 bits per heavy atom. The van der Waals surface area contributed by atoms with Gasteiger partial charge in [-0.25, -0.2) is 0 Å². The van der Waals surface area contributed by atoms with Crippen molar-refractivity contribution in [1.29, 1.82) is 0 Å². The van der Waals surface area contributed by atoms with Crippen molar-refractivity contribution < 1.29 is 34.4 Å². The third kappa shape index (κ3) is 6.95. The molecule has 3 N–H and O–H groups in total. The number of ether oxygens (including phenoxy) is 2. The van der Waals surface area contributed by atoms with Gasteiger partial charge in [-0.2, -0.15) is 0 Å². The molecule has 0 heterocycles. The van der Waals surface area contributed by atoms with Gasteiger partial charge in [0.25, 0.3) is 0 Å². The van der Waals surface area contributed by atoms with Gasteiger partial charge < -0.3 is 29.6 Å². The first-order chi connectivity index (χ1) is 9.33. The Labute approximate surface area is 118 Å². The molecular formula is C13H24O7. The minimum Gasteiger partial charge on any atom is -0.457 e. The maximum atomic E-state index is 11.6. The molecule has 0 spiro atoms. The molecule has 0 aromatic heterocycles. The van der Waals surface area contributed by atoms with Gasteiger partial charge in [0.1, 0.15) is 18.0 Å². The van der Waals surface area contributed by atoms with E-state index in [1.54, 1.807) is 0 Å². The van der Waals surface area contributed by atoms with E-state index < -0.39 is 37.0 Å². The third-order valence-electron chi connectivity index (χ3n) is 2.86. The molecule has 118 valence electrons. The second-order valence-corrected chi connectivity index (χ2v) is 4.70. The van der Waals surface area contributed by atoms with Crippen LogP contribution >= 0.6 is 0 Å². The number of aliphatic hydroxyl groups is 3. The molecule has 0 saturated carbocycles. The molecule has 20 heavy (non-hydrogen) atoms. The van der Waals surface area contributed by atoms with E-state index in [4.69, 9.17) is 14.6 Å². The van der Waals surface area contributed by atoms with Crippen molar-refractivity contribution >= 4 is 11.8 Å². The van der Waals surface area contributed by atoms with Gasteiger partial charge in [-0.15, -0.1) is 0 Å². The minimum absolute atomic E-state index is 0.0183. The summed E-state index contributed by atoms with van der Waals surface area (Å²) in [5.41, 5.74) is 0. The van der Waals surface area contributed by atoms with E-state index in [0.29, 0.717) is 6.42 Å². The molecule has 0 aliphatic carbocycles. The summed E-state index contributed by atoms with van der Waals surface area (Å²) in [6.07, 6.45) is -3.98. The molecule has 0 radical (unpaired) electrons. The van der Waals surface area contributed by atoms with Crippen LogP contribution in [0.5, 0.6) is 0 Å². The first-order valence-corrected chi connectivity index (χ1v) is 6.52. The van der Waals surface area contributed by atoms with Gasteiger partial charge in [0.15, 0.2) is 6.10 Å². The van der Waals surface area contributed by atoms with Crippen molar-refractivity contribution in [3.63, 3.8) is 0 Å². The van der Waals surface area contributed by atoms with Crippen LogP contribution in [-0.2, 0) is 19.1 Å². The summed E-state index contributed by atoms with van der Waals surface area (Å²) in [5.74, 6) is -0.644. The molecule has 0 bridgehead atoms. The maximum absolute atomic E-state index is 11.6. The first-order valence-electron chi connectivity index (χ1n) is 6.52. The van der Waals surface area contributed by atoms with Crippen molar-refractivity contribution in [2.45, 2.75) is 57.5 Å². The Morgan fingerprint density at radius 2 is 1.80 bits per heavy atom. The van der Waals surface area contributed by atoms with Crippen LogP contribution in [0.1, 0.15) is 33.1 Å². The van der Waals surface area contributed by atoms with Gasteiger partial charge in [0, 0.05) is 20.0 Å². The Morgan fingerprint density at radius 1 is 1.20 bits per heavy atom. The standard InChI is InChI=1S/C13H24O7/c1-8(15)5-4-6-11(17)20-13(10(7-14)19-3)12(18)9(2)16/h9-10,12-14,16,18H,4-7H2,1-3H3. The van der Waals surface area contributed by atoms with Crippen LogP contribution in [0.15, 0.2) is 0 Å². The molecule has 0 aromatic carbocycles. The number of carbonyl (C=O) groups is 2. The zero-order valence-electron chi connectivity index (χ0n) is 12.1. The van der Waals surface area contributed by atoms with Gasteiger partial charge in [0.2, 0.25) is 0 Å². The van der Waals surface area contributed by atoms with Crippen LogP contribution < -0.4 is 0 Å². The Balaban J connectivity index is 4.55. The summed E-state index contributed by atoms with van der Waals surface area (Å²) in [4.78, 5) is 22.4. The number of ketones is 1. The monoisotopic (exact) mass is 292 g/mol. The lowest BCUT2D eigenvalue weighted by Crippen LogP contribution is -2.48. The second-order valence-electron chi connectivity index (χ2n) is 4.70. The van der Waals surface area contributed by atoms with E-state index in [0.717, 1.165) is 0 Å². The average Bonchev–Trinajstić information content (AvgIpc) is 2.37. The van der Waals surface area contributed by atoms with Crippen LogP contribution in [0.25, 0.3) is 0 Å². The molecule has 4 unspecified atom stereocenters. The molecule has 0 aliphatic rings. The number of carbonyl (C=O) groups excluding carboxylic acids is 2. The summed E-state index contributed by atoms with van der Waals surface area (Å²) in [6.45, 7) is 2.30. The molecule has 0 fully saturated rings. The fourth-order valence-electron chi connectivity index (χ4n) is 1.64. The van der Waals surface area contributed by atoms with Crippen LogP contribution in [-0.4, -0.2) is 65.2 Å². The highest BCUT2D eigenvalue weighted by molar-refractivity contribution is 5.76. The lowest BCUT2D eigenvalue weighted by atomic mass is 10.0. The number of esters is 1. The topological polar surface area (TPSA) is 113 Å². The van der Waals surface area contributed by atoms with E-state index in [-0.39, 0.29) is 18.6 Å². The summed E-state index contributed by atoms with van der Waals surface area (Å²) < 4.78 is 9.98. The quantitative estimate of drug-likeness (QED) is 0.461. The van der Waals surface area contributed by atoms with Gasteiger partial charge in [0.05, 0.1) is 12.7 Å². The van der Waals surface area contributed by atoms with E-state index in [9.17, 15) is 19.8 Å². The Kier molecular flexibility index (Phi) is 9.32. The Bertz CT molecular complexity index is 297. The van der Waals surface area contributed by atoms with E-state index in [2.05, 4.69) is 0 Å². The molecule has 4 atom stereocenters. The number of hydrogen-bond acceptors (Lipinski definition) is 7. The highest BCUT2D eigenvalue weighted by atomic mass is 16.6. The largest absolute Gasteiger partial charge is 0.457 e. The van der Waals surface area contributed by atoms with Crippen molar-refractivity contribution in [3.05, 3.63) is 0 Å². The van der Waals surface area contributed by atoms with E-state index in [1.165, 1.54) is 21.0 Å². The van der Waals surface area contributed by atoms with Gasteiger partial charge in [-0.05, 0) is 20.3 Å². The predicted octanol–water partition coefficient (Wildman–Crippen LogP) is -0.593. The van der Waals surface area contributed by atoms with Crippen LogP contribution in [0.2, 0.25) is 0 Å². The number of aliphatic hydroxyl groups excluding tert-OH is 3. The number of Topliss-reactive ketones (excluding diaryl/α,β-unsaturated/α-hetero) is 1. The van der Waals surface area contributed by atoms with E-state index in [1.807, 2.05) is 0 Å². The highest BCUT2D eigenvalue weighted by Gasteiger charge is 2.34. The number of rotatable bonds is 10. The van der Waals surface area contributed by atoms with Crippen molar-refractivity contribution in [1.82, 2.24) is 0 Å². The number of hydrogen-bond donors (Lipinski definition) is 3. The van der Waals surface area contributed by atoms with Gasteiger partial charge >= 0.3 is 5.97 Å². The lowest BCUT2D eigenvalue weighted by molar-refractivity contribution is -0.177. The Hall–Kier alpha value is -1.02. The van der Waals surface area contributed by atoms with Crippen molar-refractivity contribution in [2.75, 3.05) is 13.7 Å². The fraction of sp³-hybridized carbons (Fsp3) is 0.846. The minimum atomic E-state index is -1.37. The predicted molar refractivity (Wildman–Crippen MR) is 70.0 cm³/mol. The summed E-state index contributed by atoms with van der Waals surface area (Å²) in [6, 6.07) is 0. The molecule has 0 aliphatic heterocycles. The maximum Gasteiger partial charge on any atom is 0.306 e. The van der Waals surface area contributed by atoms with Gasteiger partial charge in [-0.3, -0.25) is 4.79 Å². The lowest BCUT2D eigenvalue weighted by Gasteiger charge is -2.30. The fourth-order valence-corrected chi connectivity index (χ4v) is 1.64. The SMILES string of the molecule is COC(CO)C(OC(=O)CCCC(C)=O)C(O)C(C)O.